The molecule has 0 N–H and O–H groups in total. The third kappa shape index (κ3) is 3.73. The van der Waals surface area contributed by atoms with Crippen LogP contribution in [0.25, 0.3) is 6.08 Å². The van der Waals surface area contributed by atoms with E-state index in [0.717, 1.165) is 16.9 Å². The lowest BCUT2D eigenvalue weighted by Crippen LogP contribution is -2.32. The Morgan fingerprint density at radius 2 is 1.82 bits per heavy atom. The molecule has 5 nitrogen and oxygen atoms in total. The molecule has 6 heteroatoms. The van der Waals surface area contributed by atoms with Crippen LogP contribution in [0.4, 0.5) is 5.13 Å². The predicted molar refractivity (Wildman–Crippen MR) is 113 cm³/mol. The Labute approximate surface area is 167 Å². The summed E-state index contributed by atoms with van der Waals surface area (Å²) in [6, 6.07) is 17.3. The highest BCUT2D eigenvalue weighted by atomic mass is 32.1. The molecule has 3 aromatic rings. The number of ether oxygens (including phenoxy) is 1. The fraction of sp³-hybridized carbons (Fsp3) is 0.136. The van der Waals surface area contributed by atoms with Gasteiger partial charge in [-0.1, -0.05) is 42.5 Å². The Balaban J connectivity index is 1.70. The average molecular weight is 389 g/mol. The van der Waals surface area contributed by atoms with Gasteiger partial charge in [0.1, 0.15) is 17.3 Å². The van der Waals surface area contributed by atoms with Crippen LogP contribution in [0.5, 0.6) is 5.75 Å². The number of thiazole rings is 1. The second kappa shape index (κ2) is 7.78. The summed E-state index contributed by atoms with van der Waals surface area (Å²) in [5.41, 5.74) is 2.14. The number of amidine groups is 1. The number of hydrogen-bond acceptors (Lipinski definition) is 5. The van der Waals surface area contributed by atoms with Gasteiger partial charge in [0.2, 0.25) is 0 Å². The van der Waals surface area contributed by atoms with E-state index in [9.17, 15) is 4.79 Å². The van der Waals surface area contributed by atoms with Crippen molar-refractivity contribution in [1.82, 2.24) is 4.98 Å². The summed E-state index contributed by atoms with van der Waals surface area (Å²) in [6.45, 7) is 3.97. The van der Waals surface area contributed by atoms with E-state index in [2.05, 4.69) is 9.98 Å². The number of anilines is 1. The van der Waals surface area contributed by atoms with E-state index in [1.54, 1.807) is 17.2 Å². The molecule has 0 unspecified atom stereocenters. The quantitative estimate of drug-likeness (QED) is 0.591. The molecule has 0 aliphatic carbocycles. The van der Waals surface area contributed by atoms with E-state index in [0.29, 0.717) is 16.7 Å². The highest BCUT2D eigenvalue weighted by Gasteiger charge is 2.33. The zero-order chi connectivity index (χ0) is 19.5. The van der Waals surface area contributed by atoms with E-state index < -0.39 is 0 Å². The zero-order valence-electron chi connectivity index (χ0n) is 15.6. The minimum absolute atomic E-state index is 0.116. The van der Waals surface area contributed by atoms with Gasteiger partial charge < -0.3 is 4.74 Å². The maximum Gasteiger partial charge on any atom is 0.284 e. The average Bonchev–Trinajstić information content (AvgIpc) is 3.32. The maximum atomic E-state index is 13.1. The summed E-state index contributed by atoms with van der Waals surface area (Å²) in [6.07, 6.45) is 3.59. The molecule has 4 rings (SSSR count). The molecule has 2 aromatic carbocycles. The van der Waals surface area contributed by atoms with Gasteiger partial charge in [0, 0.05) is 17.1 Å². The Morgan fingerprint density at radius 1 is 1.07 bits per heavy atom. The SMILES string of the molecule is CC(C)Oc1ccc(/C=C2/N=C(c3ccccc3)N(c3nccs3)C2=O)cc1. The van der Waals surface area contributed by atoms with Gasteiger partial charge in [-0.25, -0.2) is 14.9 Å². The van der Waals surface area contributed by atoms with Crippen LogP contribution in [0.3, 0.4) is 0 Å². The monoisotopic (exact) mass is 389 g/mol. The first kappa shape index (κ1) is 18.1. The molecule has 0 saturated carbocycles. The molecule has 1 amide bonds. The Morgan fingerprint density at radius 3 is 2.46 bits per heavy atom. The molecular weight excluding hydrogens is 370 g/mol. The lowest BCUT2D eigenvalue weighted by Gasteiger charge is -2.14. The molecule has 1 aliphatic heterocycles. The zero-order valence-corrected chi connectivity index (χ0v) is 16.4. The lowest BCUT2D eigenvalue weighted by atomic mass is 10.2. The summed E-state index contributed by atoms with van der Waals surface area (Å²) in [7, 11) is 0. The number of carbonyl (C=O) groups excluding carboxylic acids is 1. The number of hydrogen-bond donors (Lipinski definition) is 0. The number of rotatable bonds is 5. The van der Waals surface area contributed by atoms with Crippen molar-refractivity contribution < 1.29 is 9.53 Å². The molecule has 0 bridgehead atoms. The molecular formula is C22H19N3O2S. The smallest absolute Gasteiger partial charge is 0.284 e. The van der Waals surface area contributed by atoms with Crippen molar-refractivity contribution >= 4 is 34.3 Å². The number of aliphatic imine (C=N–C) groups is 1. The van der Waals surface area contributed by atoms with Gasteiger partial charge in [0.05, 0.1) is 6.10 Å². The number of nitrogens with zero attached hydrogens (tertiary/aromatic N) is 3. The van der Waals surface area contributed by atoms with Gasteiger partial charge in [-0.3, -0.25) is 4.79 Å². The van der Waals surface area contributed by atoms with Crippen LogP contribution in [0.2, 0.25) is 0 Å². The standard InChI is InChI=1S/C22H19N3O2S/c1-15(2)27-18-10-8-16(9-11-18)14-19-21(26)25(22-23-12-13-28-22)20(24-19)17-6-4-3-5-7-17/h3-15H,1-2H3/b19-14+. The summed E-state index contributed by atoms with van der Waals surface area (Å²) in [5, 5.41) is 2.46. The molecule has 2 heterocycles. The molecule has 0 spiro atoms. The van der Waals surface area contributed by atoms with Crippen molar-refractivity contribution in [2.24, 2.45) is 4.99 Å². The van der Waals surface area contributed by atoms with Crippen LogP contribution in [-0.4, -0.2) is 22.8 Å². The molecule has 0 saturated heterocycles. The third-order valence-electron chi connectivity index (χ3n) is 4.06. The Kier molecular flexibility index (Phi) is 5.04. The van der Waals surface area contributed by atoms with E-state index in [1.807, 2.05) is 73.8 Å². The van der Waals surface area contributed by atoms with Crippen molar-refractivity contribution in [3.63, 3.8) is 0 Å². The van der Waals surface area contributed by atoms with Crippen molar-refractivity contribution in [2.45, 2.75) is 20.0 Å². The van der Waals surface area contributed by atoms with Gasteiger partial charge in [0.25, 0.3) is 5.91 Å². The normalized spacial score (nSPS) is 15.4. The van der Waals surface area contributed by atoms with Crippen LogP contribution in [0.1, 0.15) is 25.0 Å². The highest BCUT2D eigenvalue weighted by molar-refractivity contribution is 7.14. The number of aromatic nitrogens is 1. The minimum Gasteiger partial charge on any atom is -0.491 e. The van der Waals surface area contributed by atoms with Crippen molar-refractivity contribution in [1.29, 1.82) is 0 Å². The first-order chi connectivity index (χ1) is 13.6. The number of carbonyl (C=O) groups is 1. The topological polar surface area (TPSA) is 54.8 Å². The van der Waals surface area contributed by atoms with Gasteiger partial charge in [-0.15, -0.1) is 11.3 Å². The van der Waals surface area contributed by atoms with E-state index in [4.69, 9.17) is 4.74 Å². The molecule has 1 aromatic heterocycles. The van der Waals surface area contributed by atoms with Crippen LogP contribution >= 0.6 is 11.3 Å². The van der Waals surface area contributed by atoms with Gasteiger partial charge in [0.15, 0.2) is 5.13 Å². The van der Waals surface area contributed by atoms with Crippen molar-refractivity contribution in [3.05, 3.63) is 83.0 Å². The van der Waals surface area contributed by atoms with Gasteiger partial charge in [-0.2, -0.15) is 0 Å². The molecule has 0 radical (unpaired) electrons. The van der Waals surface area contributed by atoms with Gasteiger partial charge in [-0.05, 0) is 37.6 Å². The van der Waals surface area contributed by atoms with Crippen LogP contribution in [0.15, 0.2) is 76.9 Å². The molecule has 140 valence electrons. The first-order valence-electron chi connectivity index (χ1n) is 8.98. The summed E-state index contributed by atoms with van der Waals surface area (Å²) >= 11 is 1.41. The minimum atomic E-state index is -0.184. The number of benzene rings is 2. The van der Waals surface area contributed by atoms with Crippen LogP contribution in [0, 0.1) is 0 Å². The largest absolute Gasteiger partial charge is 0.491 e. The van der Waals surface area contributed by atoms with Crippen LogP contribution < -0.4 is 9.64 Å². The van der Waals surface area contributed by atoms with Crippen molar-refractivity contribution in [3.8, 4) is 5.75 Å². The fourth-order valence-corrected chi connectivity index (χ4v) is 3.51. The second-order valence-electron chi connectivity index (χ2n) is 6.52. The Bertz CT molecular complexity index is 1020. The van der Waals surface area contributed by atoms with Gasteiger partial charge >= 0.3 is 0 Å². The maximum absolute atomic E-state index is 13.1. The fourth-order valence-electron chi connectivity index (χ4n) is 2.87. The lowest BCUT2D eigenvalue weighted by molar-refractivity contribution is -0.113. The molecule has 1 aliphatic rings. The third-order valence-corrected chi connectivity index (χ3v) is 4.81. The summed E-state index contributed by atoms with van der Waals surface area (Å²) in [5.74, 6) is 1.20. The molecule has 0 fully saturated rings. The van der Waals surface area contributed by atoms with Crippen LogP contribution in [-0.2, 0) is 4.79 Å². The molecule has 0 atom stereocenters. The van der Waals surface area contributed by atoms with E-state index in [1.165, 1.54) is 11.3 Å². The van der Waals surface area contributed by atoms with Crippen molar-refractivity contribution in [2.75, 3.05) is 4.90 Å². The summed E-state index contributed by atoms with van der Waals surface area (Å²) in [4.78, 5) is 23.6. The summed E-state index contributed by atoms with van der Waals surface area (Å²) < 4.78 is 5.67. The highest BCUT2D eigenvalue weighted by Crippen LogP contribution is 2.29. The van der Waals surface area contributed by atoms with E-state index >= 15 is 0 Å². The van der Waals surface area contributed by atoms with E-state index in [-0.39, 0.29) is 12.0 Å². The second-order valence-corrected chi connectivity index (χ2v) is 7.39. The first-order valence-corrected chi connectivity index (χ1v) is 9.86. The number of amides is 1. The predicted octanol–water partition coefficient (Wildman–Crippen LogP) is 4.76. The Hall–Kier alpha value is -3.25. The molecule has 28 heavy (non-hydrogen) atoms.